The first-order valence-electron chi connectivity index (χ1n) is 5.78. The third-order valence-corrected chi connectivity index (χ3v) is 3.05. The Morgan fingerprint density at radius 2 is 2.25 bits per heavy atom. The number of piperidine rings is 1. The van der Waals surface area contributed by atoms with Crippen LogP contribution in [0.1, 0.15) is 19.8 Å². The van der Waals surface area contributed by atoms with E-state index in [1.54, 1.807) is 0 Å². The van der Waals surface area contributed by atoms with Crippen molar-refractivity contribution in [3.05, 3.63) is 11.6 Å². The van der Waals surface area contributed by atoms with E-state index in [1.165, 1.54) is 18.9 Å². The Morgan fingerprint density at radius 3 is 2.81 bits per heavy atom. The zero-order valence-electron chi connectivity index (χ0n) is 10.4. The number of carbonyl (C=O) groups is 1. The van der Waals surface area contributed by atoms with Crippen molar-refractivity contribution in [1.82, 2.24) is 9.80 Å². The van der Waals surface area contributed by atoms with Crippen molar-refractivity contribution >= 4 is 5.97 Å². The van der Waals surface area contributed by atoms with Gasteiger partial charge in [-0.2, -0.15) is 0 Å². The molecule has 0 amide bonds. The first-order valence-corrected chi connectivity index (χ1v) is 5.78. The normalized spacial score (nSPS) is 23.8. The first kappa shape index (κ1) is 13.2. The van der Waals surface area contributed by atoms with Crippen molar-refractivity contribution in [2.75, 3.05) is 33.7 Å². The Labute approximate surface area is 97.5 Å². The van der Waals surface area contributed by atoms with E-state index in [-0.39, 0.29) is 0 Å². The molecule has 1 fully saturated rings. The standard InChI is InChI=1S/C12H22N2O2/c1-10(7-12(15)16)8-14-6-4-5-11(9-14)13(2)3/h7,11H,4-6,8-9H2,1-3H3,(H,15,16). The lowest BCUT2D eigenvalue weighted by Gasteiger charge is -2.36. The van der Waals surface area contributed by atoms with E-state index in [9.17, 15) is 4.79 Å². The molecule has 92 valence electrons. The molecule has 4 nitrogen and oxygen atoms in total. The Hall–Kier alpha value is -0.870. The third-order valence-electron chi connectivity index (χ3n) is 3.05. The number of likely N-dealkylation sites (tertiary alicyclic amines) is 1. The summed E-state index contributed by atoms with van der Waals surface area (Å²) in [5.74, 6) is -0.848. The molecule has 1 aliphatic rings. The third kappa shape index (κ3) is 4.33. The monoisotopic (exact) mass is 226 g/mol. The van der Waals surface area contributed by atoms with E-state index in [0.29, 0.717) is 6.04 Å². The summed E-state index contributed by atoms with van der Waals surface area (Å²) in [4.78, 5) is 15.1. The highest BCUT2D eigenvalue weighted by molar-refractivity contribution is 5.80. The van der Waals surface area contributed by atoms with Gasteiger partial charge in [-0.25, -0.2) is 4.79 Å². The summed E-state index contributed by atoms with van der Waals surface area (Å²) in [5.41, 5.74) is 0.923. The van der Waals surface area contributed by atoms with Gasteiger partial charge in [-0.3, -0.25) is 4.90 Å². The SMILES string of the molecule is CC(=CC(=O)O)CN1CCCC(N(C)C)C1. The topological polar surface area (TPSA) is 43.8 Å². The highest BCUT2D eigenvalue weighted by Crippen LogP contribution is 2.14. The summed E-state index contributed by atoms with van der Waals surface area (Å²) >= 11 is 0. The predicted octanol–water partition coefficient (Wildman–Crippen LogP) is 1.04. The Bertz CT molecular complexity index is 274. The minimum Gasteiger partial charge on any atom is -0.478 e. The number of nitrogens with zero attached hydrogens (tertiary/aromatic N) is 2. The van der Waals surface area contributed by atoms with Gasteiger partial charge in [-0.1, -0.05) is 5.57 Å². The molecule has 1 heterocycles. The zero-order chi connectivity index (χ0) is 12.1. The number of aliphatic carboxylic acids is 1. The number of rotatable bonds is 4. The van der Waals surface area contributed by atoms with Gasteiger partial charge in [0.1, 0.15) is 0 Å². The smallest absolute Gasteiger partial charge is 0.328 e. The van der Waals surface area contributed by atoms with Crippen LogP contribution in [0.4, 0.5) is 0 Å². The lowest BCUT2D eigenvalue weighted by Crippen LogP contribution is -2.45. The van der Waals surface area contributed by atoms with Gasteiger partial charge >= 0.3 is 5.97 Å². The van der Waals surface area contributed by atoms with Crippen molar-refractivity contribution in [3.8, 4) is 0 Å². The van der Waals surface area contributed by atoms with Gasteiger partial charge in [0.15, 0.2) is 0 Å². The molecule has 1 rings (SSSR count). The van der Waals surface area contributed by atoms with E-state index in [0.717, 1.165) is 25.2 Å². The van der Waals surface area contributed by atoms with Gasteiger partial charge in [0.2, 0.25) is 0 Å². The molecule has 0 aromatic carbocycles. The molecule has 0 radical (unpaired) electrons. The van der Waals surface area contributed by atoms with E-state index in [1.807, 2.05) is 6.92 Å². The Balaban J connectivity index is 2.46. The largest absolute Gasteiger partial charge is 0.478 e. The van der Waals surface area contributed by atoms with Crippen LogP contribution in [0.5, 0.6) is 0 Å². The second-order valence-corrected chi connectivity index (χ2v) is 4.82. The molecule has 0 aliphatic carbocycles. The Kier molecular flexibility index (Phi) is 4.96. The second-order valence-electron chi connectivity index (χ2n) is 4.82. The van der Waals surface area contributed by atoms with Gasteiger partial charge in [-0.05, 0) is 40.4 Å². The molecule has 0 saturated carbocycles. The van der Waals surface area contributed by atoms with Gasteiger partial charge in [0, 0.05) is 25.2 Å². The van der Waals surface area contributed by atoms with Crippen LogP contribution in [0.2, 0.25) is 0 Å². The first-order chi connectivity index (χ1) is 7.49. The summed E-state index contributed by atoms with van der Waals surface area (Å²) in [6, 6.07) is 0.603. The summed E-state index contributed by atoms with van der Waals surface area (Å²) in [5, 5.41) is 8.65. The van der Waals surface area contributed by atoms with Crippen LogP contribution in [0.25, 0.3) is 0 Å². The van der Waals surface area contributed by atoms with Crippen molar-refractivity contribution in [1.29, 1.82) is 0 Å². The number of carboxylic acids is 1. The van der Waals surface area contributed by atoms with E-state index < -0.39 is 5.97 Å². The molecule has 0 bridgehead atoms. The highest BCUT2D eigenvalue weighted by atomic mass is 16.4. The summed E-state index contributed by atoms with van der Waals surface area (Å²) in [6.45, 7) is 4.77. The molecule has 1 aliphatic heterocycles. The maximum Gasteiger partial charge on any atom is 0.328 e. The number of hydrogen-bond donors (Lipinski definition) is 1. The van der Waals surface area contributed by atoms with Gasteiger partial charge in [0.25, 0.3) is 0 Å². The molecular weight excluding hydrogens is 204 g/mol. The molecule has 0 spiro atoms. The number of likely N-dealkylation sites (N-methyl/N-ethyl adjacent to an activating group) is 1. The summed E-state index contributed by atoms with van der Waals surface area (Å²) in [7, 11) is 4.21. The van der Waals surface area contributed by atoms with E-state index >= 15 is 0 Å². The van der Waals surface area contributed by atoms with Crippen LogP contribution < -0.4 is 0 Å². The van der Waals surface area contributed by atoms with E-state index in [4.69, 9.17) is 5.11 Å². The molecular formula is C12H22N2O2. The molecule has 1 N–H and O–H groups in total. The number of hydrogen-bond acceptors (Lipinski definition) is 3. The molecule has 16 heavy (non-hydrogen) atoms. The molecule has 1 saturated heterocycles. The van der Waals surface area contributed by atoms with Gasteiger partial charge < -0.3 is 10.0 Å². The lowest BCUT2D eigenvalue weighted by molar-refractivity contribution is -0.131. The zero-order valence-corrected chi connectivity index (χ0v) is 10.4. The van der Waals surface area contributed by atoms with Crippen molar-refractivity contribution in [2.24, 2.45) is 0 Å². The average molecular weight is 226 g/mol. The van der Waals surface area contributed by atoms with Crippen LogP contribution in [-0.4, -0.2) is 60.6 Å². The van der Waals surface area contributed by atoms with Crippen LogP contribution in [-0.2, 0) is 4.79 Å². The molecule has 0 aromatic heterocycles. The van der Waals surface area contributed by atoms with Crippen molar-refractivity contribution in [2.45, 2.75) is 25.8 Å². The van der Waals surface area contributed by atoms with Crippen LogP contribution in [0.15, 0.2) is 11.6 Å². The molecule has 0 aromatic rings. The quantitative estimate of drug-likeness (QED) is 0.728. The van der Waals surface area contributed by atoms with Crippen molar-refractivity contribution < 1.29 is 9.90 Å². The van der Waals surface area contributed by atoms with Crippen molar-refractivity contribution in [3.63, 3.8) is 0 Å². The number of carboxylic acid groups (broad SMARTS) is 1. The fourth-order valence-corrected chi connectivity index (χ4v) is 2.21. The lowest BCUT2D eigenvalue weighted by atomic mass is 10.0. The maximum absolute atomic E-state index is 10.5. The van der Waals surface area contributed by atoms with Crippen LogP contribution in [0, 0.1) is 0 Å². The summed E-state index contributed by atoms with van der Waals surface area (Å²) in [6.07, 6.45) is 3.74. The summed E-state index contributed by atoms with van der Waals surface area (Å²) < 4.78 is 0. The minimum atomic E-state index is -0.848. The average Bonchev–Trinajstić information content (AvgIpc) is 2.16. The highest BCUT2D eigenvalue weighted by Gasteiger charge is 2.21. The van der Waals surface area contributed by atoms with E-state index in [2.05, 4.69) is 23.9 Å². The van der Waals surface area contributed by atoms with Crippen LogP contribution in [0.3, 0.4) is 0 Å². The second kappa shape index (κ2) is 6.01. The molecule has 1 atom stereocenters. The minimum absolute atomic E-state index is 0.603. The fourth-order valence-electron chi connectivity index (χ4n) is 2.21. The van der Waals surface area contributed by atoms with Gasteiger partial charge in [0.05, 0.1) is 0 Å². The maximum atomic E-state index is 10.5. The Morgan fingerprint density at radius 1 is 1.56 bits per heavy atom. The predicted molar refractivity (Wildman–Crippen MR) is 64.5 cm³/mol. The van der Waals surface area contributed by atoms with Gasteiger partial charge in [-0.15, -0.1) is 0 Å². The van der Waals surface area contributed by atoms with Crippen LogP contribution >= 0.6 is 0 Å². The molecule has 1 unspecified atom stereocenters. The molecule has 4 heteroatoms. The fraction of sp³-hybridized carbons (Fsp3) is 0.750.